The summed E-state index contributed by atoms with van der Waals surface area (Å²) in [5.74, 6) is 0.625. The van der Waals surface area contributed by atoms with E-state index in [0.717, 1.165) is 13.1 Å². The van der Waals surface area contributed by atoms with Gasteiger partial charge in [-0.25, -0.2) is 0 Å². The zero-order valence-corrected chi connectivity index (χ0v) is 10.2. The molecule has 0 aromatic carbocycles. The van der Waals surface area contributed by atoms with Crippen molar-refractivity contribution in [1.29, 1.82) is 0 Å². The van der Waals surface area contributed by atoms with Gasteiger partial charge in [-0.3, -0.25) is 0 Å². The Balaban J connectivity index is 3.81. The van der Waals surface area contributed by atoms with Crippen molar-refractivity contribution in [1.82, 2.24) is 10.6 Å². The Kier molecular flexibility index (Phi) is 6.33. The predicted molar refractivity (Wildman–Crippen MR) is 61.5 cm³/mol. The van der Waals surface area contributed by atoms with E-state index in [1.165, 1.54) is 0 Å². The Morgan fingerprint density at radius 1 is 1.29 bits per heavy atom. The van der Waals surface area contributed by atoms with Crippen LogP contribution in [0, 0.1) is 5.92 Å². The number of likely N-dealkylation sites (N-methyl/N-ethyl adjacent to an activating group) is 1. The summed E-state index contributed by atoms with van der Waals surface area (Å²) in [5, 5.41) is 16.6. The smallest absolute Gasteiger partial charge is 0.0892 e. The molecule has 0 rings (SSSR count). The van der Waals surface area contributed by atoms with E-state index in [1.807, 2.05) is 20.8 Å². The van der Waals surface area contributed by atoms with E-state index in [1.54, 1.807) is 0 Å². The third-order valence-corrected chi connectivity index (χ3v) is 2.48. The first-order valence-electron chi connectivity index (χ1n) is 5.56. The summed E-state index contributed by atoms with van der Waals surface area (Å²) in [6, 6.07) is 0.118. The van der Waals surface area contributed by atoms with Crippen molar-refractivity contribution in [2.45, 2.75) is 46.3 Å². The Labute approximate surface area is 88.3 Å². The molecule has 0 bridgehead atoms. The second-order valence-corrected chi connectivity index (χ2v) is 4.66. The molecular formula is C11H26N2O. The minimum atomic E-state index is -0.676. The number of nitrogens with one attached hydrogen (secondary N) is 2. The number of hydrogen-bond donors (Lipinski definition) is 3. The summed E-state index contributed by atoms with van der Waals surface area (Å²) in [6.45, 7) is 12.7. The molecule has 0 heterocycles. The van der Waals surface area contributed by atoms with Gasteiger partial charge in [0.05, 0.1) is 5.60 Å². The van der Waals surface area contributed by atoms with Gasteiger partial charge >= 0.3 is 0 Å². The van der Waals surface area contributed by atoms with E-state index in [-0.39, 0.29) is 6.04 Å². The summed E-state index contributed by atoms with van der Waals surface area (Å²) in [4.78, 5) is 0. The van der Waals surface area contributed by atoms with Crippen LogP contribution in [-0.4, -0.2) is 36.4 Å². The number of aliphatic hydroxyl groups is 1. The molecule has 0 amide bonds. The molecule has 2 atom stereocenters. The van der Waals surface area contributed by atoms with Crippen LogP contribution in [0.4, 0.5) is 0 Å². The van der Waals surface area contributed by atoms with Gasteiger partial charge in [0.15, 0.2) is 0 Å². The van der Waals surface area contributed by atoms with E-state index in [0.29, 0.717) is 12.5 Å². The minimum absolute atomic E-state index is 0.118. The molecular weight excluding hydrogens is 176 g/mol. The lowest BCUT2D eigenvalue weighted by Gasteiger charge is -2.31. The molecule has 3 heteroatoms. The Hall–Kier alpha value is -0.120. The molecule has 0 saturated heterocycles. The number of rotatable bonds is 7. The van der Waals surface area contributed by atoms with Crippen molar-refractivity contribution in [3.63, 3.8) is 0 Å². The maximum atomic E-state index is 10.1. The van der Waals surface area contributed by atoms with Crippen LogP contribution in [0.3, 0.4) is 0 Å². The van der Waals surface area contributed by atoms with Gasteiger partial charge < -0.3 is 15.7 Å². The van der Waals surface area contributed by atoms with Crippen LogP contribution in [-0.2, 0) is 0 Å². The lowest BCUT2D eigenvalue weighted by atomic mass is 9.97. The molecule has 0 saturated carbocycles. The lowest BCUT2D eigenvalue weighted by molar-refractivity contribution is 0.0261. The van der Waals surface area contributed by atoms with Crippen LogP contribution in [0.25, 0.3) is 0 Å². The van der Waals surface area contributed by atoms with E-state index in [4.69, 9.17) is 0 Å². The highest BCUT2D eigenvalue weighted by Gasteiger charge is 2.26. The molecule has 0 aromatic heterocycles. The van der Waals surface area contributed by atoms with E-state index < -0.39 is 5.60 Å². The Morgan fingerprint density at radius 2 is 1.86 bits per heavy atom. The highest BCUT2D eigenvalue weighted by atomic mass is 16.3. The highest BCUT2D eigenvalue weighted by Crippen LogP contribution is 2.08. The first-order valence-corrected chi connectivity index (χ1v) is 5.56. The zero-order chi connectivity index (χ0) is 11.2. The fourth-order valence-electron chi connectivity index (χ4n) is 1.29. The molecule has 3 N–H and O–H groups in total. The highest BCUT2D eigenvalue weighted by molar-refractivity contribution is 4.86. The molecule has 0 aliphatic rings. The third-order valence-electron chi connectivity index (χ3n) is 2.48. The normalized spacial score (nSPS) is 18.2. The Morgan fingerprint density at radius 3 is 2.29 bits per heavy atom. The lowest BCUT2D eigenvalue weighted by Crippen LogP contribution is -2.53. The van der Waals surface area contributed by atoms with Gasteiger partial charge in [-0.2, -0.15) is 0 Å². The van der Waals surface area contributed by atoms with Gasteiger partial charge in [0, 0.05) is 12.6 Å². The van der Waals surface area contributed by atoms with Crippen LogP contribution >= 0.6 is 0 Å². The fourth-order valence-corrected chi connectivity index (χ4v) is 1.29. The first-order chi connectivity index (χ1) is 6.40. The fraction of sp³-hybridized carbons (Fsp3) is 1.00. The zero-order valence-electron chi connectivity index (χ0n) is 10.2. The van der Waals surface area contributed by atoms with Crippen molar-refractivity contribution in [3.8, 4) is 0 Å². The van der Waals surface area contributed by atoms with Crippen molar-refractivity contribution in [2.75, 3.05) is 19.6 Å². The minimum Gasteiger partial charge on any atom is -0.387 e. The molecule has 0 aliphatic heterocycles. The third kappa shape index (κ3) is 5.58. The van der Waals surface area contributed by atoms with Gasteiger partial charge in [0.25, 0.3) is 0 Å². The molecule has 0 fully saturated rings. The maximum absolute atomic E-state index is 10.1. The Bertz CT molecular complexity index is 146. The largest absolute Gasteiger partial charge is 0.387 e. The van der Waals surface area contributed by atoms with E-state index in [2.05, 4.69) is 24.5 Å². The van der Waals surface area contributed by atoms with Crippen LogP contribution in [0.2, 0.25) is 0 Å². The molecule has 2 unspecified atom stereocenters. The number of hydrogen-bond acceptors (Lipinski definition) is 3. The quantitative estimate of drug-likeness (QED) is 0.576. The van der Waals surface area contributed by atoms with E-state index in [9.17, 15) is 5.11 Å². The molecule has 3 nitrogen and oxygen atoms in total. The summed E-state index contributed by atoms with van der Waals surface area (Å²) in [5.41, 5.74) is -0.676. The van der Waals surface area contributed by atoms with Gasteiger partial charge in [-0.05, 0) is 32.9 Å². The summed E-state index contributed by atoms with van der Waals surface area (Å²) in [7, 11) is 0. The van der Waals surface area contributed by atoms with Gasteiger partial charge in [-0.15, -0.1) is 0 Å². The summed E-state index contributed by atoms with van der Waals surface area (Å²) in [6.07, 6.45) is 0. The van der Waals surface area contributed by atoms with Crippen LogP contribution in [0.1, 0.15) is 34.6 Å². The first kappa shape index (κ1) is 13.9. The van der Waals surface area contributed by atoms with Gasteiger partial charge in [0.1, 0.15) is 0 Å². The molecule has 14 heavy (non-hydrogen) atoms. The maximum Gasteiger partial charge on any atom is 0.0892 e. The van der Waals surface area contributed by atoms with Gasteiger partial charge in [-0.1, -0.05) is 20.8 Å². The van der Waals surface area contributed by atoms with Crippen LogP contribution in [0.5, 0.6) is 0 Å². The van der Waals surface area contributed by atoms with Crippen molar-refractivity contribution >= 4 is 0 Å². The second kappa shape index (κ2) is 6.38. The summed E-state index contributed by atoms with van der Waals surface area (Å²) < 4.78 is 0. The average Bonchev–Trinajstić information content (AvgIpc) is 2.03. The molecule has 86 valence electrons. The summed E-state index contributed by atoms with van der Waals surface area (Å²) >= 11 is 0. The monoisotopic (exact) mass is 202 g/mol. The standard InChI is InChI=1S/C11H26N2O/c1-6-13-10(4)11(5,14)8-12-7-9(2)3/h9-10,12-14H,6-8H2,1-5H3. The van der Waals surface area contributed by atoms with E-state index >= 15 is 0 Å². The van der Waals surface area contributed by atoms with Crippen molar-refractivity contribution in [2.24, 2.45) is 5.92 Å². The van der Waals surface area contributed by atoms with Crippen molar-refractivity contribution in [3.05, 3.63) is 0 Å². The van der Waals surface area contributed by atoms with Gasteiger partial charge in [0.2, 0.25) is 0 Å². The molecule has 0 radical (unpaired) electrons. The van der Waals surface area contributed by atoms with Crippen LogP contribution in [0.15, 0.2) is 0 Å². The predicted octanol–water partition coefficient (Wildman–Crippen LogP) is 0.981. The SMILES string of the molecule is CCNC(C)C(C)(O)CNCC(C)C. The topological polar surface area (TPSA) is 44.3 Å². The molecule has 0 spiro atoms. The van der Waals surface area contributed by atoms with Crippen molar-refractivity contribution < 1.29 is 5.11 Å². The molecule has 0 aliphatic carbocycles. The van der Waals surface area contributed by atoms with Crippen LogP contribution < -0.4 is 10.6 Å². The molecule has 0 aromatic rings. The average molecular weight is 202 g/mol. The second-order valence-electron chi connectivity index (χ2n) is 4.66.